The number of carbonyl (C=O) groups excluding carboxylic acids is 2. The monoisotopic (exact) mass is 503 g/mol. The number of nitrogens with zero attached hydrogens (tertiary/aromatic N) is 1. The molecule has 0 amide bonds. The molecule has 0 fully saturated rings. The number of rotatable bonds is 4. The number of halogens is 1. The fourth-order valence-electron chi connectivity index (χ4n) is 6.12. The van der Waals surface area contributed by atoms with Crippen LogP contribution in [0.4, 0.5) is 5.69 Å². The molecule has 0 spiro atoms. The standard InChI is InChI=1S/C31H34ClNO3/c1-6-36-22-13-11-21(12-14-22)33-23-15-30(2,3)17-25(34)28(23)27(19-7-9-20(32)10-8-19)29-24(33)16-31(4,5)18-26(29)35/h7-14,27H,6,15-18H2,1-5H3. The minimum absolute atomic E-state index is 0.126. The van der Waals surface area contributed by atoms with Gasteiger partial charge in [-0.1, -0.05) is 51.4 Å². The second-order valence-electron chi connectivity index (χ2n) is 11.8. The highest BCUT2D eigenvalue weighted by molar-refractivity contribution is 6.30. The Morgan fingerprint density at radius 2 is 1.31 bits per heavy atom. The maximum atomic E-state index is 13.9. The first-order chi connectivity index (χ1) is 17.0. The highest BCUT2D eigenvalue weighted by Gasteiger charge is 2.49. The summed E-state index contributed by atoms with van der Waals surface area (Å²) in [6.45, 7) is 11.2. The van der Waals surface area contributed by atoms with Gasteiger partial charge < -0.3 is 9.64 Å². The molecule has 0 N–H and O–H groups in total. The van der Waals surface area contributed by atoms with E-state index in [0.29, 0.717) is 24.5 Å². The van der Waals surface area contributed by atoms with Gasteiger partial charge in [0, 0.05) is 52.0 Å². The summed E-state index contributed by atoms with van der Waals surface area (Å²) in [5.74, 6) is 0.696. The van der Waals surface area contributed by atoms with Gasteiger partial charge in [0.15, 0.2) is 11.6 Å². The van der Waals surface area contributed by atoms with E-state index in [4.69, 9.17) is 16.3 Å². The summed E-state index contributed by atoms with van der Waals surface area (Å²) in [7, 11) is 0. The fraction of sp³-hybridized carbons (Fsp3) is 0.419. The first kappa shape index (κ1) is 24.8. The lowest BCUT2D eigenvalue weighted by atomic mass is 9.63. The number of hydrogen-bond acceptors (Lipinski definition) is 4. The fourth-order valence-corrected chi connectivity index (χ4v) is 6.25. The predicted molar refractivity (Wildman–Crippen MR) is 144 cm³/mol. The molecule has 1 aliphatic heterocycles. The summed E-state index contributed by atoms with van der Waals surface area (Å²) in [5.41, 5.74) is 5.13. The van der Waals surface area contributed by atoms with E-state index in [-0.39, 0.29) is 28.3 Å². The van der Waals surface area contributed by atoms with Crippen LogP contribution in [0.15, 0.2) is 71.1 Å². The zero-order chi connectivity index (χ0) is 25.8. The molecule has 0 saturated heterocycles. The Balaban J connectivity index is 1.78. The molecule has 5 rings (SSSR count). The van der Waals surface area contributed by atoms with Gasteiger partial charge in [-0.05, 0) is 72.6 Å². The first-order valence-electron chi connectivity index (χ1n) is 12.8. The number of benzene rings is 2. The van der Waals surface area contributed by atoms with E-state index in [1.54, 1.807) is 0 Å². The topological polar surface area (TPSA) is 46.6 Å². The van der Waals surface area contributed by atoms with E-state index in [1.807, 2.05) is 55.5 Å². The Hall–Kier alpha value is -2.85. The van der Waals surface area contributed by atoms with Crippen LogP contribution < -0.4 is 9.64 Å². The van der Waals surface area contributed by atoms with Crippen LogP contribution in [-0.2, 0) is 9.59 Å². The summed E-state index contributed by atoms with van der Waals surface area (Å²) >= 11 is 6.22. The zero-order valence-electron chi connectivity index (χ0n) is 21.8. The Morgan fingerprint density at radius 1 is 0.806 bits per heavy atom. The van der Waals surface area contributed by atoms with Gasteiger partial charge in [0.1, 0.15) is 5.75 Å². The molecule has 36 heavy (non-hydrogen) atoms. The van der Waals surface area contributed by atoms with Crippen LogP contribution in [0.5, 0.6) is 5.75 Å². The van der Waals surface area contributed by atoms with E-state index >= 15 is 0 Å². The molecule has 2 aromatic carbocycles. The van der Waals surface area contributed by atoms with Crippen molar-refractivity contribution in [2.45, 2.75) is 66.2 Å². The van der Waals surface area contributed by atoms with Gasteiger partial charge in [-0.15, -0.1) is 0 Å². The third-order valence-corrected chi connectivity index (χ3v) is 7.77. The molecular weight excluding hydrogens is 470 g/mol. The van der Waals surface area contributed by atoms with Crippen LogP contribution in [0.3, 0.4) is 0 Å². The van der Waals surface area contributed by atoms with Crippen molar-refractivity contribution in [2.75, 3.05) is 11.5 Å². The van der Waals surface area contributed by atoms with Crippen molar-refractivity contribution in [2.24, 2.45) is 10.8 Å². The van der Waals surface area contributed by atoms with Gasteiger partial charge in [0.2, 0.25) is 0 Å². The quantitative estimate of drug-likeness (QED) is 0.430. The first-order valence-corrected chi connectivity index (χ1v) is 13.2. The van der Waals surface area contributed by atoms with Crippen LogP contribution in [0.25, 0.3) is 0 Å². The third kappa shape index (κ3) is 4.41. The Kier molecular flexibility index (Phi) is 6.15. The van der Waals surface area contributed by atoms with Crippen molar-refractivity contribution in [3.63, 3.8) is 0 Å². The van der Waals surface area contributed by atoms with E-state index < -0.39 is 0 Å². The highest BCUT2D eigenvalue weighted by atomic mass is 35.5. The molecule has 2 aliphatic carbocycles. The van der Waals surface area contributed by atoms with Crippen molar-refractivity contribution in [1.82, 2.24) is 0 Å². The molecule has 0 atom stereocenters. The summed E-state index contributed by atoms with van der Waals surface area (Å²) < 4.78 is 5.68. The minimum Gasteiger partial charge on any atom is -0.494 e. The van der Waals surface area contributed by atoms with Gasteiger partial charge in [-0.3, -0.25) is 9.59 Å². The minimum atomic E-state index is -0.363. The zero-order valence-corrected chi connectivity index (χ0v) is 22.5. The largest absolute Gasteiger partial charge is 0.494 e. The molecule has 188 valence electrons. The van der Waals surface area contributed by atoms with Crippen molar-refractivity contribution in [3.8, 4) is 5.75 Å². The summed E-state index contributed by atoms with van der Waals surface area (Å²) in [5, 5.41) is 0.640. The normalized spacial score (nSPS) is 21.4. The highest BCUT2D eigenvalue weighted by Crippen LogP contribution is 2.55. The second kappa shape index (κ2) is 8.92. The maximum Gasteiger partial charge on any atom is 0.162 e. The number of ketones is 2. The number of hydrogen-bond donors (Lipinski definition) is 0. The molecule has 0 saturated carbocycles. The van der Waals surface area contributed by atoms with Crippen molar-refractivity contribution >= 4 is 28.9 Å². The molecule has 0 unspecified atom stereocenters. The van der Waals surface area contributed by atoms with E-state index in [0.717, 1.165) is 52.4 Å². The smallest absolute Gasteiger partial charge is 0.162 e. The molecule has 5 heteroatoms. The van der Waals surface area contributed by atoms with Gasteiger partial charge in [-0.25, -0.2) is 0 Å². The number of carbonyl (C=O) groups is 2. The van der Waals surface area contributed by atoms with Gasteiger partial charge >= 0.3 is 0 Å². The van der Waals surface area contributed by atoms with E-state index in [2.05, 4.69) is 32.6 Å². The summed E-state index contributed by atoms with van der Waals surface area (Å²) in [6.07, 6.45) is 2.46. The summed E-state index contributed by atoms with van der Waals surface area (Å²) in [4.78, 5) is 29.9. The van der Waals surface area contributed by atoms with Crippen molar-refractivity contribution in [3.05, 3.63) is 81.7 Å². The van der Waals surface area contributed by atoms with Crippen LogP contribution in [0, 0.1) is 10.8 Å². The lowest BCUT2D eigenvalue weighted by Gasteiger charge is -2.49. The van der Waals surface area contributed by atoms with Crippen LogP contribution >= 0.6 is 11.6 Å². The SMILES string of the molecule is CCOc1ccc(N2C3=C(C(=O)CC(C)(C)C3)C(c3ccc(Cl)cc3)C3=C2CC(C)(C)CC3=O)cc1. The molecule has 1 heterocycles. The molecule has 0 aromatic heterocycles. The molecule has 4 nitrogen and oxygen atoms in total. The second-order valence-corrected chi connectivity index (χ2v) is 12.3. The van der Waals surface area contributed by atoms with E-state index in [9.17, 15) is 9.59 Å². The molecule has 2 aromatic rings. The van der Waals surface area contributed by atoms with Crippen LogP contribution in [0.2, 0.25) is 5.02 Å². The van der Waals surface area contributed by atoms with Gasteiger partial charge in [0.05, 0.1) is 6.61 Å². The van der Waals surface area contributed by atoms with E-state index in [1.165, 1.54) is 0 Å². The van der Waals surface area contributed by atoms with Gasteiger partial charge in [0.25, 0.3) is 0 Å². The average Bonchev–Trinajstić information content (AvgIpc) is 2.78. The average molecular weight is 504 g/mol. The summed E-state index contributed by atoms with van der Waals surface area (Å²) in [6, 6.07) is 15.7. The molecule has 0 bridgehead atoms. The third-order valence-electron chi connectivity index (χ3n) is 7.52. The van der Waals surface area contributed by atoms with Crippen LogP contribution in [-0.4, -0.2) is 18.2 Å². The molecule has 3 aliphatic rings. The Labute approximate surface area is 219 Å². The van der Waals surface area contributed by atoms with Crippen LogP contribution in [0.1, 0.15) is 71.8 Å². The number of anilines is 1. The maximum absolute atomic E-state index is 13.9. The lowest BCUT2D eigenvalue weighted by molar-refractivity contribution is -0.119. The number of ether oxygens (including phenoxy) is 1. The lowest BCUT2D eigenvalue weighted by Crippen LogP contribution is -2.44. The number of allylic oxidation sites excluding steroid dienone is 4. The molecule has 0 radical (unpaired) electrons. The predicted octanol–water partition coefficient (Wildman–Crippen LogP) is 7.63. The Bertz CT molecular complexity index is 1230. The molecular formula is C31H34ClNO3. The van der Waals surface area contributed by atoms with Crippen molar-refractivity contribution < 1.29 is 14.3 Å². The van der Waals surface area contributed by atoms with Crippen molar-refractivity contribution in [1.29, 1.82) is 0 Å². The Morgan fingerprint density at radius 3 is 1.78 bits per heavy atom. The van der Waals surface area contributed by atoms with Gasteiger partial charge in [-0.2, -0.15) is 0 Å². The number of Topliss-reactive ketones (excluding diaryl/α,β-unsaturated/α-hetero) is 2.